The van der Waals surface area contributed by atoms with Gasteiger partial charge in [-0.3, -0.25) is 4.79 Å². The molecule has 2 N–H and O–H groups in total. The maximum atomic E-state index is 12.1. The summed E-state index contributed by atoms with van der Waals surface area (Å²) in [5, 5.41) is 2.65. The molecule has 0 aromatic heterocycles. The first kappa shape index (κ1) is 17.6. The van der Waals surface area contributed by atoms with Crippen LogP contribution in [-0.4, -0.2) is 46.8 Å². The molecule has 0 bridgehead atoms. The van der Waals surface area contributed by atoms with Crippen molar-refractivity contribution in [3.05, 3.63) is 42.5 Å². The highest BCUT2D eigenvalue weighted by molar-refractivity contribution is 7.91. The Bertz CT molecular complexity index is 798. The van der Waals surface area contributed by atoms with Crippen molar-refractivity contribution in [1.29, 1.82) is 0 Å². The molecule has 1 aliphatic heterocycles. The van der Waals surface area contributed by atoms with Crippen molar-refractivity contribution in [2.75, 3.05) is 18.1 Å². The zero-order chi connectivity index (χ0) is 17.1. The SMILES string of the molecule is C=CCNS(=O)(=O)c1ccc(C(=O)NC2CCS(=O)(=O)C2)cc1. The highest BCUT2D eigenvalue weighted by Gasteiger charge is 2.29. The number of sulfone groups is 1. The van der Waals surface area contributed by atoms with Gasteiger partial charge < -0.3 is 5.32 Å². The van der Waals surface area contributed by atoms with Crippen LogP contribution in [0.4, 0.5) is 0 Å². The zero-order valence-corrected chi connectivity index (χ0v) is 14.0. The number of rotatable bonds is 6. The monoisotopic (exact) mass is 358 g/mol. The first-order chi connectivity index (χ1) is 10.7. The summed E-state index contributed by atoms with van der Waals surface area (Å²) in [7, 11) is -6.70. The van der Waals surface area contributed by atoms with Crippen molar-refractivity contribution in [2.45, 2.75) is 17.4 Å². The maximum absolute atomic E-state index is 12.1. The second-order valence-corrected chi connectivity index (χ2v) is 9.23. The molecule has 1 heterocycles. The third-order valence-corrected chi connectivity index (χ3v) is 6.62. The lowest BCUT2D eigenvalue weighted by molar-refractivity contribution is 0.0941. The molecule has 7 nitrogen and oxygen atoms in total. The third kappa shape index (κ3) is 4.63. The molecule has 1 atom stereocenters. The molecule has 23 heavy (non-hydrogen) atoms. The molecule has 1 amide bonds. The first-order valence-corrected chi connectivity index (χ1v) is 10.3. The molecule has 126 valence electrons. The molecule has 0 aliphatic carbocycles. The highest BCUT2D eigenvalue weighted by Crippen LogP contribution is 2.14. The van der Waals surface area contributed by atoms with Crippen molar-refractivity contribution in [3.63, 3.8) is 0 Å². The second kappa shape index (κ2) is 6.81. The number of sulfonamides is 1. The fourth-order valence-corrected chi connectivity index (χ4v) is 4.89. The van der Waals surface area contributed by atoms with Crippen LogP contribution in [0.2, 0.25) is 0 Å². The summed E-state index contributed by atoms with van der Waals surface area (Å²) in [6.07, 6.45) is 1.82. The number of amides is 1. The number of carbonyl (C=O) groups excluding carboxylic acids is 1. The van der Waals surface area contributed by atoms with E-state index in [1.807, 2.05) is 0 Å². The van der Waals surface area contributed by atoms with Gasteiger partial charge in [0.1, 0.15) is 0 Å². The van der Waals surface area contributed by atoms with Gasteiger partial charge in [0, 0.05) is 18.2 Å². The molecule has 2 rings (SSSR count). The molecule has 1 aromatic rings. The average Bonchev–Trinajstić information content (AvgIpc) is 2.84. The number of benzene rings is 1. The lowest BCUT2D eigenvalue weighted by atomic mass is 10.2. The molecule has 0 spiro atoms. The van der Waals surface area contributed by atoms with E-state index in [2.05, 4.69) is 16.6 Å². The van der Waals surface area contributed by atoms with Crippen LogP contribution < -0.4 is 10.0 Å². The Morgan fingerprint density at radius 3 is 2.48 bits per heavy atom. The van der Waals surface area contributed by atoms with E-state index in [0.29, 0.717) is 6.42 Å². The van der Waals surface area contributed by atoms with Gasteiger partial charge in [-0.15, -0.1) is 6.58 Å². The van der Waals surface area contributed by atoms with Gasteiger partial charge >= 0.3 is 0 Å². The van der Waals surface area contributed by atoms with Crippen molar-refractivity contribution in [3.8, 4) is 0 Å². The molecule has 1 saturated heterocycles. The Balaban J connectivity index is 2.04. The van der Waals surface area contributed by atoms with E-state index in [0.717, 1.165) is 0 Å². The van der Waals surface area contributed by atoms with E-state index >= 15 is 0 Å². The predicted octanol–water partition coefficient (Wildman–Crippen LogP) is 0.0678. The van der Waals surface area contributed by atoms with Crippen molar-refractivity contribution >= 4 is 25.8 Å². The van der Waals surface area contributed by atoms with E-state index in [1.165, 1.54) is 30.3 Å². The summed E-state index contributed by atoms with van der Waals surface area (Å²) in [4.78, 5) is 12.1. The van der Waals surface area contributed by atoms with Crippen LogP contribution in [0.3, 0.4) is 0 Å². The molecule has 9 heteroatoms. The normalized spacial score (nSPS) is 20.1. The summed E-state index contributed by atoms with van der Waals surface area (Å²) in [6, 6.07) is 5.03. The molecule has 0 radical (unpaired) electrons. The summed E-state index contributed by atoms with van der Waals surface area (Å²) in [5.74, 6) is -0.407. The Labute approximate surface area is 135 Å². The van der Waals surface area contributed by atoms with Crippen molar-refractivity contribution in [1.82, 2.24) is 10.0 Å². The highest BCUT2D eigenvalue weighted by atomic mass is 32.2. The summed E-state index contributed by atoms with van der Waals surface area (Å²) in [5.41, 5.74) is 0.275. The minimum atomic E-state index is -3.63. The van der Waals surface area contributed by atoms with E-state index in [9.17, 15) is 21.6 Å². The first-order valence-electron chi connectivity index (χ1n) is 6.95. The van der Waals surface area contributed by atoms with Gasteiger partial charge in [0.05, 0.1) is 16.4 Å². The summed E-state index contributed by atoms with van der Waals surface area (Å²) in [6.45, 7) is 3.54. The van der Waals surface area contributed by atoms with Gasteiger partial charge in [-0.25, -0.2) is 21.6 Å². The van der Waals surface area contributed by atoms with Crippen LogP contribution in [0, 0.1) is 0 Å². The molecular formula is C14H18N2O5S2. The van der Waals surface area contributed by atoms with Crippen LogP contribution in [0.5, 0.6) is 0 Å². The second-order valence-electron chi connectivity index (χ2n) is 5.24. The fraction of sp³-hybridized carbons (Fsp3) is 0.357. The Morgan fingerprint density at radius 2 is 1.96 bits per heavy atom. The van der Waals surface area contributed by atoms with Crippen LogP contribution in [-0.2, 0) is 19.9 Å². The van der Waals surface area contributed by atoms with Crippen LogP contribution >= 0.6 is 0 Å². The van der Waals surface area contributed by atoms with Crippen molar-refractivity contribution in [2.24, 2.45) is 0 Å². The van der Waals surface area contributed by atoms with Gasteiger partial charge in [0.15, 0.2) is 9.84 Å². The third-order valence-electron chi connectivity index (χ3n) is 3.41. The van der Waals surface area contributed by atoms with E-state index in [1.54, 1.807) is 0 Å². The molecular weight excluding hydrogens is 340 g/mol. The van der Waals surface area contributed by atoms with Crippen LogP contribution in [0.15, 0.2) is 41.8 Å². The molecule has 1 aliphatic rings. The zero-order valence-electron chi connectivity index (χ0n) is 12.4. The Kier molecular flexibility index (Phi) is 5.23. The number of hydrogen-bond donors (Lipinski definition) is 2. The van der Waals surface area contributed by atoms with Gasteiger partial charge in [-0.05, 0) is 30.7 Å². The van der Waals surface area contributed by atoms with Gasteiger partial charge in [0.2, 0.25) is 10.0 Å². The predicted molar refractivity (Wildman–Crippen MR) is 86.4 cm³/mol. The smallest absolute Gasteiger partial charge is 0.251 e. The van der Waals surface area contributed by atoms with E-state index in [-0.39, 0.29) is 28.5 Å². The standard InChI is InChI=1S/C14H18N2O5S2/c1-2-8-15-23(20,21)13-5-3-11(4-6-13)14(17)16-12-7-9-22(18,19)10-12/h2-6,12,15H,1,7-10H2,(H,16,17). The lowest BCUT2D eigenvalue weighted by Crippen LogP contribution is -2.35. The summed E-state index contributed by atoms with van der Waals surface area (Å²) >= 11 is 0. The lowest BCUT2D eigenvalue weighted by Gasteiger charge is -2.11. The minimum absolute atomic E-state index is 0.0411. The van der Waals surface area contributed by atoms with Crippen LogP contribution in [0.1, 0.15) is 16.8 Å². The average molecular weight is 358 g/mol. The van der Waals surface area contributed by atoms with Crippen LogP contribution in [0.25, 0.3) is 0 Å². The van der Waals surface area contributed by atoms with E-state index in [4.69, 9.17) is 0 Å². The largest absolute Gasteiger partial charge is 0.348 e. The summed E-state index contributed by atoms with van der Waals surface area (Å²) < 4.78 is 48.9. The van der Waals surface area contributed by atoms with Gasteiger partial charge in [-0.1, -0.05) is 6.08 Å². The minimum Gasteiger partial charge on any atom is -0.348 e. The quantitative estimate of drug-likeness (QED) is 0.699. The fourth-order valence-electron chi connectivity index (χ4n) is 2.22. The van der Waals surface area contributed by atoms with Gasteiger partial charge in [-0.2, -0.15) is 0 Å². The molecule has 1 unspecified atom stereocenters. The molecule has 0 saturated carbocycles. The maximum Gasteiger partial charge on any atom is 0.251 e. The topological polar surface area (TPSA) is 109 Å². The molecule has 1 aromatic carbocycles. The number of nitrogens with one attached hydrogen (secondary N) is 2. The number of carbonyl (C=O) groups is 1. The van der Waals surface area contributed by atoms with Gasteiger partial charge in [0.25, 0.3) is 5.91 Å². The molecule has 1 fully saturated rings. The Hall–Kier alpha value is -1.71. The van der Waals surface area contributed by atoms with E-state index < -0.39 is 31.8 Å². The van der Waals surface area contributed by atoms with Crippen molar-refractivity contribution < 1.29 is 21.6 Å². The Morgan fingerprint density at radius 1 is 1.30 bits per heavy atom. The number of hydrogen-bond acceptors (Lipinski definition) is 5.